The van der Waals surface area contributed by atoms with Crippen LogP contribution in [0.15, 0.2) is 41.2 Å². The number of halogens is 2. The van der Waals surface area contributed by atoms with Crippen LogP contribution in [-0.4, -0.2) is 6.54 Å². The fourth-order valence-corrected chi connectivity index (χ4v) is 2.82. The lowest BCUT2D eigenvalue weighted by Gasteiger charge is -2.19. The fraction of sp³-hybridized carbons (Fsp3) is 0.286. The second kappa shape index (κ2) is 6.33. The van der Waals surface area contributed by atoms with Crippen LogP contribution in [0.1, 0.15) is 24.1 Å². The van der Waals surface area contributed by atoms with Crippen molar-refractivity contribution in [1.82, 2.24) is 5.32 Å². The van der Waals surface area contributed by atoms with Crippen LogP contribution in [0.4, 0.5) is 4.39 Å². The molecule has 0 aliphatic rings. The van der Waals surface area contributed by atoms with Crippen LogP contribution < -0.4 is 5.32 Å². The number of furan rings is 1. The highest BCUT2D eigenvalue weighted by atomic mass is 127. The minimum Gasteiger partial charge on any atom is -0.472 e. The van der Waals surface area contributed by atoms with E-state index in [-0.39, 0.29) is 11.9 Å². The third kappa shape index (κ3) is 3.32. The third-order valence-corrected chi connectivity index (χ3v) is 3.74. The molecule has 18 heavy (non-hydrogen) atoms. The van der Waals surface area contributed by atoms with E-state index < -0.39 is 0 Å². The van der Waals surface area contributed by atoms with Gasteiger partial charge >= 0.3 is 0 Å². The standard InChI is InChI=1S/C14H15FINO/c1-2-17-14(7-10-5-6-18-9-10)12-4-3-11(15)8-13(12)16/h3-6,8-9,14,17H,2,7H2,1H3. The lowest BCUT2D eigenvalue weighted by Crippen LogP contribution is -2.23. The molecule has 0 saturated heterocycles. The minimum absolute atomic E-state index is 0.181. The molecule has 1 aromatic carbocycles. The predicted molar refractivity (Wildman–Crippen MR) is 77.9 cm³/mol. The summed E-state index contributed by atoms with van der Waals surface area (Å²) in [6.45, 7) is 2.94. The number of benzene rings is 1. The number of hydrogen-bond acceptors (Lipinski definition) is 2. The molecule has 0 fully saturated rings. The average molecular weight is 359 g/mol. The van der Waals surface area contributed by atoms with Crippen LogP contribution in [0.25, 0.3) is 0 Å². The molecule has 0 spiro atoms. The van der Waals surface area contributed by atoms with Crippen molar-refractivity contribution < 1.29 is 8.81 Å². The highest BCUT2D eigenvalue weighted by Gasteiger charge is 2.15. The SMILES string of the molecule is CCNC(Cc1ccoc1)c1ccc(F)cc1I. The van der Waals surface area contributed by atoms with Crippen molar-refractivity contribution in [2.24, 2.45) is 0 Å². The summed E-state index contributed by atoms with van der Waals surface area (Å²) in [5.41, 5.74) is 2.26. The van der Waals surface area contributed by atoms with E-state index in [9.17, 15) is 4.39 Å². The zero-order valence-electron chi connectivity index (χ0n) is 10.1. The van der Waals surface area contributed by atoms with Gasteiger partial charge in [0.15, 0.2) is 0 Å². The molecule has 2 aromatic rings. The molecule has 0 saturated carbocycles. The molecule has 1 heterocycles. The summed E-state index contributed by atoms with van der Waals surface area (Å²) < 4.78 is 19.2. The summed E-state index contributed by atoms with van der Waals surface area (Å²) >= 11 is 2.18. The Hall–Kier alpha value is -0.880. The van der Waals surface area contributed by atoms with Crippen molar-refractivity contribution in [3.05, 3.63) is 57.3 Å². The van der Waals surface area contributed by atoms with Gasteiger partial charge in [-0.2, -0.15) is 0 Å². The smallest absolute Gasteiger partial charge is 0.124 e. The molecule has 0 amide bonds. The Labute approximate surface area is 120 Å². The maximum atomic E-state index is 13.1. The lowest BCUT2D eigenvalue weighted by atomic mass is 10.0. The van der Waals surface area contributed by atoms with Crippen molar-refractivity contribution in [3.63, 3.8) is 0 Å². The van der Waals surface area contributed by atoms with E-state index >= 15 is 0 Å². The predicted octanol–water partition coefficient (Wildman–Crippen LogP) is 3.92. The van der Waals surface area contributed by atoms with Gasteiger partial charge in [-0.1, -0.05) is 13.0 Å². The molecule has 1 aromatic heterocycles. The number of nitrogens with one attached hydrogen (secondary N) is 1. The van der Waals surface area contributed by atoms with E-state index in [1.165, 1.54) is 6.07 Å². The largest absolute Gasteiger partial charge is 0.472 e. The zero-order valence-corrected chi connectivity index (χ0v) is 12.3. The molecule has 1 unspecified atom stereocenters. The number of likely N-dealkylation sites (N-methyl/N-ethyl adjacent to an activating group) is 1. The molecule has 2 nitrogen and oxygen atoms in total. The summed E-state index contributed by atoms with van der Waals surface area (Å²) in [7, 11) is 0. The molecule has 1 N–H and O–H groups in total. The molecule has 4 heteroatoms. The summed E-state index contributed by atoms with van der Waals surface area (Å²) in [6, 6.07) is 7.07. The monoisotopic (exact) mass is 359 g/mol. The van der Waals surface area contributed by atoms with E-state index in [0.29, 0.717) is 0 Å². The summed E-state index contributed by atoms with van der Waals surface area (Å²) in [4.78, 5) is 0. The first-order chi connectivity index (χ1) is 8.70. The van der Waals surface area contributed by atoms with Gasteiger partial charge < -0.3 is 9.73 Å². The Balaban J connectivity index is 2.23. The first-order valence-electron chi connectivity index (χ1n) is 5.90. The highest BCUT2D eigenvalue weighted by molar-refractivity contribution is 14.1. The van der Waals surface area contributed by atoms with E-state index in [4.69, 9.17) is 4.42 Å². The van der Waals surface area contributed by atoms with Crippen LogP contribution >= 0.6 is 22.6 Å². The average Bonchev–Trinajstić information content (AvgIpc) is 2.81. The van der Waals surface area contributed by atoms with Gasteiger partial charge in [-0.25, -0.2) is 4.39 Å². The van der Waals surface area contributed by atoms with Gasteiger partial charge in [0, 0.05) is 9.61 Å². The van der Waals surface area contributed by atoms with Crippen molar-refractivity contribution in [2.75, 3.05) is 6.54 Å². The van der Waals surface area contributed by atoms with Gasteiger partial charge in [0.05, 0.1) is 12.5 Å². The lowest BCUT2D eigenvalue weighted by molar-refractivity contribution is 0.532. The Morgan fingerprint density at radius 1 is 1.39 bits per heavy atom. The van der Waals surface area contributed by atoms with E-state index in [0.717, 1.165) is 27.7 Å². The van der Waals surface area contributed by atoms with Crippen molar-refractivity contribution in [3.8, 4) is 0 Å². The van der Waals surface area contributed by atoms with Gasteiger partial charge in [0.1, 0.15) is 5.82 Å². The Kier molecular flexibility index (Phi) is 4.77. The molecule has 2 rings (SSSR count). The third-order valence-electron chi connectivity index (χ3n) is 2.81. The number of rotatable bonds is 5. The van der Waals surface area contributed by atoms with Gasteiger partial charge in [0.2, 0.25) is 0 Å². The molecule has 0 bridgehead atoms. The Morgan fingerprint density at radius 2 is 2.22 bits per heavy atom. The molecule has 0 aliphatic carbocycles. The second-order valence-corrected chi connectivity index (χ2v) is 5.27. The summed E-state index contributed by atoms with van der Waals surface area (Å²) in [6.07, 6.45) is 4.26. The van der Waals surface area contributed by atoms with Crippen molar-refractivity contribution >= 4 is 22.6 Å². The van der Waals surface area contributed by atoms with Gasteiger partial charge in [-0.15, -0.1) is 0 Å². The molecule has 96 valence electrons. The first-order valence-corrected chi connectivity index (χ1v) is 6.98. The minimum atomic E-state index is -0.193. The molecular formula is C14H15FINO. The van der Waals surface area contributed by atoms with E-state index in [1.54, 1.807) is 18.6 Å². The zero-order chi connectivity index (χ0) is 13.0. The van der Waals surface area contributed by atoms with Gasteiger partial charge in [-0.05, 0) is 64.9 Å². The van der Waals surface area contributed by atoms with E-state index in [1.807, 2.05) is 12.1 Å². The van der Waals surface area contributed by atoms with Crippen LogP contribution in [0.3, 0.4) is 0 Å². The van der Waals surface area contributed by atoms with Crippen LogP contribution in [0, 0.1) is 9.39 Å². The van der Waals surface area contributed by atoms with Crippen LogP contribution in [-0.2, 0) is 6.42 Å². The molecular weight excluding hydrogens is 344 g/mol. The van der Waals surface area contributed by atoms with Gasteiger partial charge in [-0.3, -0.25) is 0 Å². The normalized spacial score (nSPS) is 12.6. The highest BCUT2D eigenvalue weighted by Crippen LogP contribution is 2.24. The summed E-state index contributed by atoms with van der Waals surface area (Å²) in [5.74, 6) is -0.193. The summed E-state index contributed by atoms with van der Waals surface area (Å²) in [5, 5.41) is 3.43. The molecule has 0 radical (unpaired) electrons. The van der Waals surface area contributed by atoms with Crippen molar-refractivity contribution in [2.45, 2.75) is 19.4 Å². The maximum absolute atomic E-state index is 13.1. The van der Waals surface area contributed by atoms with Crippen LogP contribution in [0.2, 0.25) is 0 Å². The Bertz CT molecular complexity index is 499. The second-order valence-electron chi connectivity index (χ2n) is 4.11. The van der Waals surface area contributed by atoms with Crippen molar-refractivity contribution in [1.29, 1.82) is 0 Å². The first kappa shape index (κ1) is 13.5. The topological polar surface area (TPSA) is 25.2 Å². The number of hydrogen-bond donors (Lipinski definition) is 1. The van der Waals surface area contributed by atoms with Crippen LogP contribution in [0.5, 0.6) is 0 Å². The maximum Gasteiger partial charge on any atom is 0.124 e. The molecule has 1 atom stereocenters. The van der Waals surface area contributed by atoms with Gasteiger partial charge in [0.25, 0.3) is 0 Å². The van der Waals surface area contributed by atoms with E-state index in [2.05, 4.69) is 34.8 Å². The Morgan fingerprint density at radius 3 is 2.83 bits per heavy atom. The molecule has 0 aliphatic heterocycles. The fourth-order valence-electron chi connectivity index (χ4n) is 1.97. The quantitative estimate of drug-likeness (QED) is 0.819.